The highest BCUT2D eigenvalue weighted by Gasteiger charge is 2.52. The molecule has 2 amide bonds. The monoisotopic (exact) mass is 586 g/mol. The first-order valence-electron chi connectivity index (χ1n) is 11.1. The Hall–Kier alpha value is -2.75. The van der Waals surface area contributed by atoms with Crippen LogP contribution in [0.2, 0.25) is 0 Å². The Morgan fingerprint density at radius 2 is 1.74 bits per heavy atom. The highest BCUT2D eigenvalue weighted by molar-refractivity contribution is 7.48. The van der Waals surface area contributed by atoms with Crippen LogP contribution in [0.5, 0.6) is 0 Å². The van der Waals surface area contributed by atoms with Gasteiger partial charge in [0, 0.05) is 11.1 Å². The minimum Gasteiger partial charge on any atom is -0.452 e. The molecule has 2 rings (SSSR count). The molecule has 0 aromatic heterocycles. The molecule has 2 atom stereocenters. The lowest BCUT2D eigenvalue weighted by molar-refractivity contribution is -0.362. The Labute approximate surface area is 222 Å². The van der Waals surface area contributed by atoms with Crippen molar-refractivity contribution in [3.63, 3.8) is 0 Å². The van der Waals surface area contributed by atoms with Crippen LogP contribution < -0.4 is 5.73 Å². The van der Waals surface area contributed by atoms with E-state index in [0.717, 1.165) is 4.58 Å². The van der Waals surface area contributed by atoms with Crippen LogP contribution in [0.4, 0.5) is 14.4 Å². The molecule has 3 N–H and O–H groups in total. The number of nitrogens with two attached hydrogens (primary N) is 1. The summed E-state index contributed by atoms with van der Waals surface area (Å²) in [5.74, 6) is -0.453. The first-order chi connectivity index (χ1) is 17.8. The number of amidine groups is 1. The quantitative estimate of drug-likeness (QED) is 0.111. The zero-order chi connectivity index (χ0) is 28.5. The maximum absolute atomic E-state index is 13.2. The number of phosphoric ester groups is 1. The third-order valence-corrected chi connectivity index (χ3v) is 6.26. The van der Waals surface area contributed by atoms with E-state index in [1.165, 1.54) is 12.3 Å². The zero-order valence-electron chi connectivity index (χ0n) is 21.1. The number of hydrogen-bond donors (Lipinski definition) is 2. The van der Waals surface area contributed by atoms with Gasteiger partial charge in [-0.05, 0) is 27.7 Å². The van der Waals surface area contributed by atoms with Crippen LogP contribution in [-0.2, 0) is 41.8 Å². The van der Waals surface area contributed by atoms with E-state index in [2.05, 4.69) is 14.5 Å². The lowest BCUT2D eigenvalue weighted by Crippen LogP contribution is -2.46. The number of ether oxygens (including phenoxy) is 5. The lowest BCUT2D eigenvalue weighted by atomic mass is 10.0. The van der Waals surface area contributed by atoms with E-state index in [-0.39, 0.29) is 18.2 Å². The first-order valence-corrected chi connectivity index (χ1v) is 13.1. The van der Waals surface area contributed by atoms with Crippen LogP contribution >= 0.6 is 19.4 Å². The van der Waals surface area contributed by atoms with Crippen molar-refractivity contribution in [1.29, 1.82) is 0 Å². The van der Waals surface area contributed by atoms with Gasteiger partial charge in [-0.1, -0.05) is 0 Å². The van der Waals surface area contributed by atoms with E-state index < -0.39 is 76.2 Å². The molecule has 2 aliphatic heterocycles. The maximum atomic E-state index is 13.2. The second kappa shape index (κ2) is 13.9. The van der Waals surface area contributed by atoms with Crippen LogP contribution in [0.3, 0.4) is 0 Å². The fourth-order valence-electron chi connectivity index (χ4n) is 2.76. The van der Waals surface area contributed by atoms with Crippen LogP contribution in [0.15, 0.2) is 17.3 Å². The summed E-state index contributed by atoms with van der Waals surface area (Å²) >= 11 is 6.05. The Bertz CT molecular complexity index is 1000. The van der Waals surface area contributed by atoms with Crippen LogP contribution in [-0.4, -0.2) is 89.7 Å². The summed E-state index contributed by atoms with van der Waals surface area (Å²) in [4.78, 5) is 38.9. The molecular weight excluding hydrogens is 557 g/mol. The van der Waals surface area contributed by atoms with Crippen molar-refractivity contribution in [2.24, 2.45) is 10.7 Å². The molecule has 2 aliphatic rings. The molecule has 0 saturated carbocycles. The molecule has 0 bridgehead atoms. The third-order valence-electron chi connectivity index (χ3n) is 4.52. The minimum atomic E-state index is -4.66. The second-order valence-corrected chi connectivity index (χ2v) is 10.2. The number of halogens is 1. The third kappa shape index (κ3) is 9.22. The molecule has 0 aromatic rings. The maximum Gasteiger partial charge on any atom is 0.549 e. The van der Waals surface area contributed by atoms with Crippen LogP contribution in [0, 0.1) is 0 Å². The SMILES string of the molecule is CC(C)OC(=O)OCOP(=O)(OCOC(=O)OC(C)C)OCC1(CCl)OC(=[N+]2C=CC(N)=NC2=O)CC1O. The molecule has 214 valence electrons. The van der Waals surface area contributed by atoms with Gasteiger partial charge in [0.05, 0.1) is 24.5 Å². The molecule has 18 heteroatoms. The molecule has 2 unspecified atom stereocenters. The van der Waals surface area contributed by atoms with Crippen molar-refractivity contribution in [2.75, 3.05) is 26.1 Å². The molecule has 0 radical (unpaired) electrons. The molecule has 0 aliphatic carbocycles. The van der Waals surface area contributed by atoms with E-state index in [9.17, 15) is 24.1 Å². The Balaban J connectivity index is 2.12. The van der Waals surface area contributed by atoms with Gasteiger partial charge in [0.15, 0.2) is 5.60 Å². The van der Waals surface area contributed by atoms with Crippen LogP contribution in [0.25, 0.3) is 0 Å². The Morgan fingerprint density at radius 1 is 1.18 bits per heavy atom. The zero-order valence-corrected chi connectivity index (χ0v) is 22.7. The lowest BCUT2D eigenvalue weighted by Gasteiger charge is -2.29. The van der Waals surface area contributed by atoms with Gasteiger partial charge in [-0.15, -0.1) is 16.2 Å². The van der Waals surface area contributed by atoms with E-state index >= 15 is 0 Å². The average Bonchev–Trinajstić information content (AvgIpc) is 3.13. The number of hydrogen-bond acceptors (Lipinski definition) is 14. The largest absolute Gasteiger partial charge is 0.549 e. The number of nitrogens with zero attached hydrogens (tertiary/aromatic N) is 2. The summed E-state index contributed by atoms with van der Waals surface area (Å²) in [6, 6.07) is -0.772. The predicted molar refractivity (Wildman–Crippen MR) is 127 cm³/mol. The molecule has 2 heterocycles. The molecule has 38 heavy (non-hydrogen) atoms. The number of carbonyl (C=O) groups excluding carboxylic acids is 3. The van der Waals surface area contributed by atoms with Gasteiger partial charge in [-0.2, -0.15) is 4.79 Å². The highest BCUT2D eigenvalue weighted by atomic mass is 35.5. The summed E-state index contributed by atoms with van der Waals surface area (Å²) < 4.78 is 54.0. The molecule has 16 nitrogen and oxygen atoms in total. The normalized spacial score (nSPS) is 23.3. The Morgan fingerprint density at radius 3 is 2.21 bits per heavy atom. The van der Waals surface area contributed by atoms with E-state index in [1.54, 1.807) is 27.7 Å². The van der Waals surface area contributed by atoms with E-state index in [0.29, 0.717) is 0 Å². The van der Waals surface area contributed by atoms with Crippen molar-refractivity contribution in [3.8, 4) is 0 Å². The number of urea groups is 1. The number of aliphatic imine (C=N–C) groups is 1. The van der Waals surface area contributed by atoms with Gasteiger partial charge in [0.2, 0.25) is 19.4 Å². The average molecular weight is 587 g/mol. The number of aliphatic hydroxyl groups is 1. The Kier molecular flexibility index (Phi) is 11.5. The highest BCUT2D eigenvalue weighted by Crippen LogP contribution is 2.51. The predicted octanol–water partition coefficient (Wildman–Crippen LogP) is 2.36. The molecule has 0 aromatic carbocycles. The fraction of sp³-hybridized carbons (Fsp3) is 0.650. The number of amides is 2. The molecular formula is C20H30ClN3O13P+. The van der Waals surface area contributed by atoms with Gasteiger partial charge in [-0.25, -0.2) is 23.2 Å². The summed E-state index contributed by atoms with van der Waals surface area (Å²) in [6.45, 7) is 3.70. The van der Waals surface area contributed by atoms with Crippen molar-refractivity contribution in [3.05, 3.63) is 12.3 Å². The van der Waals surface area contributed by atoms with Gasteiger partial charge in [0.25, 0.3) is 5.90 Å². The number of rotatable bonds is 12. The summed E-state index contributed by atoms with van der Waals surface area (Å²) in [5, 5.41) is 10.7. The summed E-state index contributed by atoms with van der Waals surface area (Å²) in [6.07, 6.45) is -2.16. The number of aliphatic hydroxyl groups excluding tert-OH is 1. The van der Waals surface area contributed by atoms with Gasteiger partial charge < -0.3 is 34.5 Å². The van der Waals surface area contributed by atoms with Gasteiger partial charge in [-0.3, -0.25) is 4.52 Å². The molecule has 1 saturated heterocycles. The van der Waals surface area contributed by atoms with Gasteiger partial charge in [0.1, 0.15) is 18.9 Å². The van der Waals surface area contributed by atoms with Crippen molar-refractivity contribution in [1.82, 2.24) is 0 Å². The molecule has 1 fully saturated rings. The fourth-order valence-corrected chi connectivity index (χ4v) is 4.03. The number of phosphoric acid groups is 1. The van der Waals surface area contributed by atoms with Crippen molar-refractivity contribution in [2.45, 2.75) is 58.0 Å². The molecule has 0 spiro atoms. The summed E-state index contributed by atoms with van der Waals surface area (Å²) in [5.41, 5.74) is 3.76. The number of alkyl halides is 1. The number of carbonyl (C=O) groups is 3. The minimum absolute atomic E-state index is 0.0217. The second-order valence-electron chi connectivity index (χ2n) is 8.26. The van der Waals surface area contributed by atoms with Crippen LogP contribution in [0.1, 0.15) is 34.1 Å². The van der Waals surface area contributed by atoms with Gasteiger partial charge >= 0.3 is 26.2 Å². The smallest absolute Gasteiger partial charge is 0.452 e. The standard InChI is InChI=1S/C20H29ClN3O13P/c1-12(2)35-18(27)30-10-33-38(29,34-11-31-19(28)36-13(3)4)32-9-20(8-21)14(25)7-16(37-20)24-6-5-15(22)23-17(24)26/h5-6,12-14,25H,7-11H2,1-4H3,(H-,22,23,26)/p+1. The topological polar surface area (TPSA) is 204 Å². The van der Waals surface area contributed by atoms with Crippen molar-refractivity contribution < 1.29 is 65.9 Å². The first kappa shape index (κ1) is 31.5. The van der Waals surface area contributed by atoms with E-state index in [1.807, 2.05) is 0 Å². The van der Waals surface area contributed by atoms with E-state index in [4.69, 9.17) is 45.1 Å². The van der Waals surface area contributed by atoms with Crippen molar-refractivity contribution >= 4 is 49.5 Å². The summed E-state index contributed by atoms with van der Waals surface area (Å²) in [7, 11) is -4.66.